The number of nitrogens with zero attached hydrogens (tertiary/aromatic N) is 2. The molecule has 1 aromatic carbocycles. The fraction of sp³-hybridized carbons (Fsp3) is 0.304. The van der Waals surface area contributed by atoms with E-state index in [4.69, 9.17) is 0 Å². The van der Waals surface area contributed by atoms with E-state index in [0.29, 0.717) is 17.5 Å². The van der Waals surface area contributed by atoms with Crippen LogP contribution in [0, 0.1) is 27.7 Å². The SMILES string of the molecule is CCc1c(C(=O)c2cc(C)cc(C)c2)n(Cc2cc(C)nc(C)c2)c(=O)[nH]c1=O. The topological polar surface area (TPSA) is 84.8 Å². The molecule has 6 heteroatoms. The zero-order valence-corrected chi connectivity index (χ0v) is 17.4. The van der Waals surface area contributed by atoms with Crippen LogP contribution < -0.4 is 11.2 Å². The first-order valence-electron chi connectivity index (χ1n) is 9.62. The highest BCUT2D eigenvalue weighted by Crippen LogP contribution is 2.17. The van der Waals surface area contributed by atoms with Gasteiger partial charge in [-0.3, -0.25) is 24.1 Å². The Morgan fingerprint density at radius 3 is 2.10 bits per heavy atom. The van der Waals surface area contributed by atoms with Crippen LogP contribution in [0.1, 0.15) is 56.6 Å². The van der Waals surface area contributed by atoms with Crippen LogP contribution in [0.5, 0.6) is 0 Å². The number of aromatic amines is 1. The fourth-order valence-corrected chi connectivity index (χ4v) is 3.79. The Balaban J connectivity index is 2.25. The fourth-order valence-electron chi connectivity index (χ4n) is 3.79. The molecule has 29 heavy (non-hydrogen) atoms. The summed E-state index contributed by atoms with van der Waals surface area (Å²) in [6.07, 6.45) is 0.343. The summed E-state index contributed by atoms with van der Waals surface area (Å²) >= 11 is 0. The van der Waals surface area contributed by atoms with Gasteiger partial charge in [0, 0.05) is 22.5 Å². The predicted octanol–water partition coefficient (Wildman–Crippen LogP) is 3.01. The minimum atomic E-state index is -0.591. The van der Waals surface area contributed by atoms with Crippen LogP contribution in [0.25, 0.3) is 0 Å². The Kier molecular flexibility index (Phi) is 5.64. The number of ketones is 1. The summed E-state index contributed by atoms with van der Waals surface area (Å²) in [7, 11) is 0. The van der Waals surface area contributed by atoms with Crippen molar-refractivity contribution in [3.63, 3.8) is 0 Å². The molecule has 1 N–H and O–H groups in total. The van der Waals surface area contributed by atoms with Gasteiger partial charge in [0.05, 0.1) is 6.54 Å². The first-order chi connectivity index (χ1) is 13.7. The Morgan fingerprint density at radius 2 is 1.55 bits per heavy atom. The van der Waals surface area contributed by atoms with Gasteiger partial charge < -0.3 is 0 Å². The molecule has 0 aliphatic heterocycles. The quantitative estimate of drug-likeness (QED) is 0.678. The number of aromatic nitrogens is 3. The molecule has 0 atom stereocenters. The van der Waals surface area contributed by atoms with Crippen molar-refractivity contribution < 1.29 is 4.79 Å². The Labute approximate surface area is 169 Å². The third-order valence-electron chi connectivity index (χ3n) is 4.83. The summed E-state index contributed by atoms with van der Waals surface area (Å²) in [5.41, 5.74) is 4.24. The molecule has 0 amide bonds. The van der Waals surface area contributed by atoms with Crippen molar-refractivity contribution in [2.24, 2.45) is 0 Å². The summed E-state index contributed by atoms with van der Waals surface area (Å²) in [5, 5.41) is 0. The van der Waals surface area contributed by atoms with Crippen LogP contribution in [-0.4, -0.2) is 20.3 Å². The molecule has 2 aromatic heterocycles. The van der Waals surface area contributed by atoms with Crippen LogP contribution in [0.15, 0.2) is 39.9 Å². The molecule has 0 bridgehead atoms. The summed E-state index contributed by atoms with van der Waals surface area (Å²) < 4.78 is 1.37. The van der Waals surface area contributed by atoms with E-state index in [-0.39, 0.29) is 18.0 Å². The van der Waals surface area contributed by atoms with Gasteiger partial charge in [0.1, 0.15) is 5.69 Å². The molecule has 2 heterocycles. The molecule has 6 nitrogen and oxygen atoms in total. The van der Waals surface area contributed by atoms with Crippen LogP contribution in [0.3, 0.4) is 0 Å². The number of nitrogens with one attached hydrogen (secondary N) is 1. The zero-order valence-electron chi connectivity index (χ0n) is 17.4. The maximum Gasteiger partial charge on any atom is 0.329 e. The molecule has 0 saturated heterocycles. The summed E-state index contributed by atoms with van der Waals surface area (Å²) in [6, 6.07) is 9.30. The highest BCUT2D eigenvalue weighted by Gasteiger charge is 2.22. The molecule has 0 saturated carbocycles. The zero-order chi connectivity index (χ0) is 21.3. The van der Waals surface area contributed by atoms with Gasteiger partial charge in [0.15, 0.2) is 0 Å². The number of pyridine rings is 1. The number of rotatable bonds is 5. The van der Waals surface area contributed by atoms with Crippen molar-refractivity contribution in [1.82, 2.24) is 14.5 Å². The normalized spacial score (nSPS) is 10.9. The van der Waals surface area contributed by atoms with Gasteiger partial charge in [-0.05, 0) is 63.9 Å². The molecule has 0 spiro atoms. The lowest BCUT2D eigenvalue weighted by Gasteiger charge is -2.16. The van der Waals surface area contributed by atoms with Crippen molar-refractivity contribution in [2.45, 2.75) is 47.6 Å². The molecule has 0 aliphatic carbocycles. The monoisotopic (exact) mass is 391 g/mol. The van der Waals surface area contributed by atoms with Gasteiger partial charge in [-0.15, -0.1) is 0 Å². The van der Waals surface area contributed by atoms with Crippen molar-refractivity contribution in [1.29, 1.82) is 0 Å². The number of benzene rings is 1. The molecule has 3 rings (SSSR count). The van der Waals surface area contributed by atoms with Crippen LogP contribution in [0.4, 0.5) is 0 Å². The number of carbonyl (C=O) groups excluding carboxylic acids is 1. The predicted molar refractivity (Wildman–Crippen MR) is 113 cm³/mol. The third-order valence-corrected chi connectivity index (χ3v) is 4.83. The lowest BCUT2D eigenvalue weighted by atomic mass is 9.99. The molecule has 0 fully saturated rings. The molecule has 150 valence electrons. The summed E-state index contributed by atoms with van der Waals surface area (Å²) in [4.78, 5) is 45.3. The summed E-state index contributed by atoms with van der Waals surface area (Å²) in [5.74, 6) is -0.320. The van der Waals surface area contributed by atoms with E-state index in [1.807, 2.05) is 45.9 Å². The number of aryl methyl sites for hydroxylation is 4. The average Bonchev–Trinajstić information content (AvgIpc) is 2.61. The van der Waals surface area contributed by atoms with E-state index in [1.165, 1.54) is 4.57 Å². The van der Waals surface area contributed by atoms with Crippen molar-refractivity contribution in [2.75, 3.05) is 0 Å². The van der Waals surface area contributed by atoms with Gasteiger partial charge in [0.2, 0.25) is 5.78 Å². The molecule has 3 aromatic rings. The third kappa shape index (κ3) is 4.26. The Hall–Kier alpha value is -3.28. The summed E-state index contributed by atoms with van der Waals surface area (Å²) in [6.45, 7) is 9.57. The van der Waals surface area contributed by atoms with E-state index < -0.39 is 11.2 Å². The lowest BCUT2D eigenvalue weighted by Crippen LogP contribution is -2.37. The van der Waals surface area contributed by atoms with Crippen LogP contribution in [-0.2, 0) is 13.0 Å². The highest BCUT2D eigenvalue weighted by atomic mass is 16.2. The minimum absolute atomic E-state index is 0.151. The number of carbonyl (C=O) groups is 1. The van der Waals surface area contributed by atoms with Gasteiger partial charge >= 0.3 is 5.69 Å². The first kappa shape index (κ1) is 20.5. The van der Waals surface area contributed by atoms with Gasteiger partial charge in [-0.1, -0.05) is 24.1 Å². The first-order valence-corrected chi connectivity index (χ1v) is 9.62. The van der Waals surface area contributed by atoms with E-state index in [9.17, 15) is 14.4 Å². The molecule has 0 unspecified atom stereocenters. The number of hydrogen-bond donors (Lipinski definition) is 1. The molecule has 0 aliphatic rings. The number of hydrogen-bond acceptors (Lipinski definition) is 4. The molecular weight excluding hydrogens is 366 g/mol. The largest absolute Gasteiger partial charge is 0.329 e. The van der Waals surface area contributed by atoms with Crippen LogP contribution >= 0.6 is 0 Å². The number of H-pyrrole nitrogens is 1. The Bertz CT molecular complexity index is 1180. The molecular formula is C23H25N3O3. The van der Waals surface area contributed by atoms with Crippen LogP contribution in [0.2, 0.25) is 0 Å². The van der Waals surface area contributed by atoms with Crippen molar-refractivity contribution >= 4 is 5.78 Å². The average molecular weight is 391 g/mol. The smallest absolute Gasteiger partial charge is 0.287 e. The second-order valence-electron chi connectivity index (χ2n) is 7.49. The maximum absolute atomic E-state index is 13.5. The van der Waals surface area contributed by atoms with Crippen molar-refractivity contribution in [3.8, 4) is 0 Å². The second-order valence-corrected chi connectivity index (χ2v) is 7.49. The van der Waals surface area contributed by atoms with E-state index >= 15 is 0 Å². The highest BCUT2D eigenvalue weighted by molar-refractivity contribution is 6.09. The maximum atomic E-state index is 13.5. The second kappa shape index (κ2) is 7.99. The lowest BCUT2D eigenvalue weighted by molar-refractivity contribution is 0.102. The van der Waals surface area contributed by atoms with Gasteiger partial charge in [-0.25, -0.2) is 4.79 Å². The Morgan fingerprint density at radius 1 is 0.966 bits per heavy atom. The standard InChI is InChI=1S/C23H25N3O3/c1-6-19-20(21(27)18-8-13(2)7-14(3)9-18)26(23(29)25-22(19)28)12-17-10-15(4)24-16(5)11-17/h7-11H,6,12H2,1-5H3,(H,25,28,29). The van der Waals surface area contributed by atoms with E-state index in [1.54, 1.807) is 19.1 Å². The van der Waals surface area contributed by atoms with Gasteiger partial charge in [-0.2, -0.15) is 0 Å². The minimum Gasteiger partial charge on any atom is -0.287 e. The molecule has 0 radical (unpaired) electrons. The van der Waals surface area contributed by atoms with Gasteiger partial charge in [0.25, 0.3) is 5.56 Å². The van der Waals surface area contributed by atoms with E-state index in [2.05, 4.69) is 9.97 Å². The van der Waals surface area contributed by atoms with E-state index in [0.717, 1.165) is 28.1 Å². The van der Waals surface area contributed by atoms with Crippen molar-refractivity contribution in [3.05, 3.63) is 96.1 Å².